The van der Waals surface area contributed by atoms with E-state index in [0.29, 0.717) is 16.0 Å². The quantitative estimate of drug-likeness (QED) is 0.339. The summed E-state index contributed by atoms with van der Waals surface area (Å²) < 4.78 is 36.1. The standard InChI is InChI=1S/C21H20N2O5S2/c1-14-6-7-15(2)20(11-14)30(25,26)28-17-9-8-16(12-18(17)27-3)13-22-23-21(24)19-5-4-10-29-19/h4-13H,1-3H3,(H,23,24)/b22-13+. The molecular weight excluding hydrogens is 424 g/mol. The Morgan fingerprint density at radius 2 is 1.90 bits per heavy atom. The molecule has 0 fully saturated rings. The molecule has 1 amide bonds. The lowest BCUT2D eigenvalue weighted by atomic mass is 10.2. The Balaban J connectivity index is 1.78. The van der Waals surface area contributed by atoms with Crippen LogP contribution in [0, 0.1) is 13.8 Å². The Bertz CT molecular complexity index is 1190. The first-order valence-electron chi connectivity index (χ1n) is 8.87. The van der Waals surface area contributed by atoms with Crippen molar-refractivity contribution in [3.8, 4) is 11.5 Å². The van der Waals surface area contributed by atoms with Gasteiger partial charge in [-0.05, 0) is 66.2 Å². The summed E-state index contributed by atoms with van der Waals surface area (Å²) in [5.74, 6) is -0.0385. The maximum absolute atomic E-state index is 12.7. The smallest absolute Gasteiger partial charge is 0.339 e. The molecule has 156 valence electrons. The van der Waals surface area contributed by atoms with E-state index in [1.165, 1.54) is 30.7 Å². The number of nitrogens with one attached hydrogen (secondary N) is 1. The molecule has 1 heterocycles. The van der Waals surface area contributed by atoms with Gasteiger partial charge in [0.25, 0.3) is 5.91 Å². The topological polar surface area (TPSA) is 94.1 Å². The van der Waals surface area contributed by atoms with Crippen LogP contribution in [0.1, 0.15) is 26.4 Å². The van der Waals surface area contributed by atoms with Crippen LogP contribution < -0.4 is 14.3 Å². The third-order valence-corrected chi connectivity index (χ3v) is 6.37. The van der Waals surface area contributed by atoms with Gasteiger partial charge in [0.1, 0.15) is 4.90 Å². The van der Waals surface area contributed by atoms with Gasteiger partial charge >= 0.3 is 10.1 Å². The molecule has 1 N–H and O–H groups in total. The van der Waals surface area contributed by atoms with Crippen LogP contribution in [0.2, 0.25) is 0 Å². The van der Waals surface area contributed by atoms with Crippen molar-refractivity contribution in [3.63, 3.8) is 0 Å². The molecule has 0 aliphatic heterocycles. The summed E-state index contributed by atoms with van der Waals surface area (Å²) in [5.41, 5.74) is 4.42. The average molecular weight is 445 g/mol. The fourth-order valence-corrected chi connectivity index (χ4v) is 4.47. The van der Waals surface area contributed by atoms with Crippen molar-refractivity contribution >= 4 is 33.6 Å². The first-order chi connectivity index (χ1) is 14.3. The van der Waals surface area contributed by atoms with Crippen LogP contribution in [0.4, 0.5) is 0 Å². The van der Waals surface area contributed by atoms with Crippen LogP contribution >= 0.6 is 11.3 Å². The number of ether oxygens (including phenoxy) is 1. The van der Waals surface area contributed by atoms with Gasteiger partial charge in [0.2, 0.25) is 0 Å². The zero-order valence-corrected chi connectivity index (χ0v) is 18.2. The highest BCUT2D eigenvalue weighted by molar-refractivity contribution is 7.87. The Kier molecular flexibility index (Phi) is 6.53. The van der Waals surface area contributed by atoms with E-state index in [4.69, 9.17) is 8.92 Å². The van der Waals surface area contributed by atoms with Crippen LogP contribution in [0.25, 0.3) is 0 Å². The number of methoxy groups -OCH3 is 1. The normalized spacial score (nSPS) is 11.4. The number of thiophene rings is 1. The highest BCUT2D eigenvalue weighted by atomic mass is 32.2. The number of nitrogens with zero attached hydrogens (tertiary/aromatic N) is 1. The SMILES string of the molecule is COc1cc(/C=N/NC(=O)c2cccs2)ccc1OS(=O)(=O)c1cc(C)ccc1C. The zero-order chi connectivity index (χ0) is 21.7. The minimum Gasteiger partial charge on any atom is -0.493 e. The molecule has 0 radical (unpaired) electrons. The summed E-state index contributed by atoms with van der Waals surface area (Å²) in [7, 11) is -2.63. The fraction of sp³-hybridized carbons (Fsp3) is 0.143. The summed E-state index contributed by atoms with van der Waals surface area (Å²) in [6.45, 7) is 3.52. The first-order valence-corrected chi connectivity index (χ1v) is 11.2. The molecule has 2 aromatic carbocycles. The van der Waals surface area contributed by atoms with Gasteiger partial charge in [0.05, 0.1) is 18.2 Å². The van der Waals surface area contributed by atoms with E-state index in [0.717, 1.165) is 5.56 Å². The van der Waals surface area contributed by atoms with E-state index in [-0.39, 0.29) is 22.3 Å². The molecule has 0 saturated heterocycles. The number of carbonyl (C=O) groups is 1. The zero-order valence-electron chi connectivity index (χ0n) is 16.6. The molecule has 30 heavy (non-hydrogen) atoms. The lowest BCUT2D eigenvalue weighted by Crippen LogP contribution is -2.16. The summed E-state index contributed by atoms with van der Waals surface area (Å²) in [6.07, 6.45) is 1.43. The molecule has 0 saturated carbocycles. The van der Waals surface area contributed by atoms with Gasteiger partial charge in [0, 0.05) is 0 Å². The van der Waals surface area contributed by atoms with Crippen molar-refractivity contribution in [3.05, 3.63) is 75.5 Å². The minimum absolute atomic E-state index is 0.0539. The first kappa shape index (κ1) is 21.5. The van der Waals surface area contributed by atoms with E-state index >= 15 is 0 Å². The molecule has 9 heteroatoms. The molecule has 0 unspecified atom stereocenters. The van der Waals surface area contributed by atoms with Crippen molar-refractivity contribution in [1.82, 2.24) is 5.43 Å². The van der Waals surface area contributed by atoms with Gasteiger partial charge < -0.3 is 8.92 Å². The Hall–Kier alpha value is -3.17. The number of hydrazone groups is 1. The van der Waals surface area contributed by atoms with Gasteiger partial charge in [-0.2, -0.15) is 13.5 Å². The average Bonchev–Trinajstić information content (AvgIpc) is 3.25. The lowest BCUT2D eigenvalue weighted by Gasteiger charge is -2.13. The highest BCUT2D eigenvalue weighted by Gasteiger charge is 2.21. The van der Waals surface area contributed by atoms with Crippen LogP contribution in [0.15, 0.2) is 63.9 Å². The molecule has 0 aliphatic carbocycles. The number of aryl methyl sites for hydroxylation is 2. The second-order valence-corrected chi connectivity index (χ2v) is 8.86. The van der Waals surface area contributed by atoms with Crippen molar-refractivity contribution in [2.75, 3.05) is 7.11 Å². The van der Waals surface area contributed by atoms with Gasteiger partial charge in [-0.15, -0.1) is 11.3 Å². The van der Waals surface area contributed by atoms with Crippen molar-refractivity contribution in [1.29, 1.82) is 0 Å². The minimum atomic E-state index is -4.03. The highest BCUT2D eigenvalue weighted by Crippen LogP contribution is 2.31. The molecule has 0 aliphatic rings. The van der Waals surface area contributed by atoms with Gasteiger partial charge in [-0.1, -0.05) is 18.2 Å². The lowest BCUT2D eigenvalue weighted by molar-refractivity contribution is 0.0959. The molecule has 1 aromatic heterocycles. The van der Waals surface area contributed by atoms with E-state index in [2.05, 4.69) is 10.5 Å². The molecule has 3 aromatic rings. The van der Waals surface area contributed by atoms with Crippen molar-refractivity contribution in [2.24, 2.45) is 5.10 Å². The summed E-state index contributed by atoms with van der Waals surface area (Å²) in [4.78, 5) is 12.5. The van der Waals surface area contributed by atoms with Crippen molar-refractivity contribution in [2.45, 2.75) is 18.7 Å². The number of hydrogen-bond acceptors (Lipinski definition) is 7. The largest absolute Gasteiger partial charge is 0.493 e. The number of carbonyl (C=O) groups excluding carboxylic acids is 1. The van der Waals surface area contributed by atoms with Crippen molar-refractivity contribution < 1.29 is 22.1 Å². The molecule has 7 nitrogen and oxygen atoms in total. The Labute approximate surface area is 179 Å². The number of hydrogen-bond donors (Lipinski definition) is 1. The van der Waals surface area contributed by atoms with Crippen LogP contribution in [-0.4, -0.2) is 27.6 Å². The summed E-state index contributed by atoms with van der Waals surface area (Å²) in [6, 6.07) is 13.2. The third kappa shape index (κ3) is 5.05. The van der Waals surface area contributed by atoms with E-state index < -0.39 is 10.1 Å². The van der Waals surface area contributed by atoms with Gasteiger partial charge in [0.15, 0.2) is 11.5 Å². The molecule has 0 bridgehead atoms. The van der Waals surface area contributed by atoms with Crippen LogP contribution in [0.5, 0.6) is 11.5 Å². The maximum Gasteiger partial charge on any atom is 0.339 e. The molecule has 3 rings (SSSR count). The number of benzene rings is 2. The number of rotatable bonds is 7. The van der Waals surface area contributed by atoms with Crippen LogP contribution in [-0.2, 0) is 10.1 Å². The van der Waals surface area contributed by atoms with Gasteiger partial charge in [-0.25, -0.2) is 5.43 Å². The van der Waals surface area contributed by atoms with E-state index in [9.17, 15) is 13.2 Å². The van der Waals surface area contributed by atoms with E-state index in [1.807, 2.05) is 13.0 Å². The Morgan fingerprint density at radius 1 is 1.10 bits per heavy atom. The van der Waals surface area contributed by atoms with Gasteiger partial charge in [-0.3, -0.25) is 4.79 Å². The van der Waals surface area contributed by atoms with Crippen LogP contribution in [0.3, 0.4) is 0 Å². The predicted octanol–water partition coefficient (Wildman–Crippen LogP) is 3.91. The Morgan fingerprint density at radius 3 is 2.60 bits per heavy atom. The summed E-state index contributed by atoms with van der Waals surface area (Å²) >= 11 is 1.31. The predicted molar refractivity (Wildman–Crippen MR) is 116 cm³/mol. The maximum atomic E-state index is 12.7. The summed E-state index contributed by atoms with van der Waals surface area (Å²) in [5, 5.41) is 5.71. The third-order valence-electron chi connectivity index (χ3n) is 4.12. The second kappa shape index (κ2) is 9.10. The molecular formula is C21H20N2O5S2. The monoisotopic (exact) mass is 444 g/mol. The molecule has 0 spiro atoms. The molecule has 0 atom stereocenters. The number of amides is 1. The second-order valence-electron chi connectivity index (χ2n) is 6.39. The fourth-order valence-electron chi connectivity index (χ4n) is 2.60. The van der Waals surface area contributed by atoms with E-state index in [1.54, 1.807) is 48.7 Å².